The van der Waals surface area contributed by atoms with Crippen LogP contribution in [0.2, 0.25) is 0 Å². The van der Waals surface area contributed by atoms with Gasteiger partial charge in [-0.3, -0.25) is 0 Å². The van der Waals surface area contributed by atoms with Crippen molar-refractivity contribution >= 4 is 21.5 Å². The van der Waals surface area contributed by atoms with E-state index in [9.17, 15) is 0 Å². The average molecular weight is 449 g/mol. The maximum atomic E-state index is 2.24. The van der Waals surface area contributed by atoms with Gasteiger partial charge in [0.1, 0.15) is 0 Å². The third-order valence-corrected chi connectivity index (χ3v) is 4.23. The van der Waals surface area contributed by atoms with Gasteiger partial charge in [-0.1, -0.05) is 37.1 Å². The fraction of sp³-hybridized carbons (Fsp3) is 0.182. The van der Waals surface area contributed by atoms with Gasteiger partial charge in [0.15, 0.2) is 0 Å². The third-order valence-electron chi connectivity index (χ3n) is 4.23. The summed E-state index contributed by atoms with van der Waals surface area (Å²) in [6.07, 6.45) is 0. The summed E-state index contributed by atoms with van der Waals surface area (Å²) >= 11 is 0. The molecule has 4 aromatic rings. The molecular formula is C22H22Cl2Zr. The molecule has 0 saturated carbocycles. The van der Waals surface area contributed by atoms with Gasteiger partial charge in [-0.15, -0.1) is 69.1 Å². The van der Waals surface area contributed by atoms with E-state index in [1.807, 2.05) is 0 Å². The molecule has 0 aromatic heterocycles. The van der Waals surface area contributed by atoms with Crippen LogP contribution < -0.4 is 24.8 Å². The fourth-order valence-electron chi connectivity index (χ4n) is 3.08. The molecule has 0 fully saturated rings. The molecule has 0 bridgehead atoms. The molecule has 0 unspecified atom stereocenters. The summed E-state index contributed by atoms with van der Waals surface area (Å²) in [5.41, 5.74) is 5.45. The number of benzene rings is 2. The molecule has 3 heteroatoms. The van der Waals surface area contributed by atoms with Gasteiger partial charge in [0, 0.05) is 0 Å². The first-order chi connectivity index (χ1) is 10.5. The smallest absolute Gasteiger partial charge is 1.00 e. The zero-order valence-corrected chi connectivity index (χ0v) is 19.0. The maximum Gasteiger partial charge on any atom is 4.00 e. The molecule has 0 amide bonds. The van der Waals surface area contributed by atoms with Crippen LogP contribution in [-0.4, -0.2) is 0 Å². The van der Waals surface area contributed by atoms with Crippen LogP contribution in [-0.2, 0) is 26.2 Å². The van der Waals surface area contributed by atoms with Gasteiger partial charge in [-0.05, 0) is 13.8 Å². The molecule has 0 radical (unpaired) electrons. The molecule has 0 spiro atoms. The zero-order valence-electron chi connectivity index (χ0n) is 15.0. The Kier molecular flexibility index (Phi) is 9.95. The molecule has 0 aliphatic heterocycles. The summed E-state index contributed by atoms with van der Waals surface area (Å²) in [6, 6.07) is 21.8. The van der Waals surface area contributed by atoms with Crippen LogP contribution in [0.5, 0.6) is 0 Å². The van der Waals surface area contributed by atoms with Crippen molar-refractivity contribution in [2.75, 3.05) is 0 Å². The van der Waals surface area contributed by atoms with Crippen LogP contribution in [0.3, 0.4) is 0 Å². The van der Waals surface area contributed by atoms with Crippen molar-refractivity contribution in [3.05, 3.63) is 82.9 Å². The fourth-order valence-corrected chi connectivity index (χ4v) is 3.08. The van der Waals surface area contributed by atoms with Crippen LogP contribution >= 0.6 is 0 Å². The van der Waals surface area contributed by atoms with Crippen molar-refractivity contribution in [1.82, 2.24) is 0 Å². The second kappa shape index (κ2) is 10.3. The van der Waals surface area contributed by atoms with Gasteiger partial charge in [0.05, 0.1) is 0 Å². The number of rotatable bonds is 0. The van der Waals surface area contributed by atoms with E-state index >= 15 is 0 Å². The topological polar surface area (TPSA) is 0 Å². The number of hydrogen-bond donors (Lipinski definition) is 0. The van der Waals surface area contributed by atoms with Crippen molar-refractivity contribution in [2.45, 2.75) is 27.7 Å². The molecule has 0 saturated heterocycles. The second-order valence-corrected chi connectivity index (χ2v) is 6.22. The van der Waals surface area contributed by atoms with E-state index in [-0.39, 0.29) is 51.0 Å². The van der Waals surface area contributed by atoms with Crippen molar-refractivity contribution in [3.63, 3.8) is 0 Å². The minimum atomic E-state index is 0. The number of fused-ring (bicyclic) bond motifs is 2. The molecule has 0 aliphatic carbocycles. The van der Waals surface area contributed by atoms with E-state index in [2.05, 4.69) is 88.4 Å². The summed E-state index contributed by atoms with van der Waals surface area (Å²) in [5.74, 6) is 0. The van der Waals surface area contributed by atoms with Crippen molar-refractivity contribution in [3.8, 4) is 0 Å². The van der Waals surface area contributed by atoms with Crippen LogP contribution in [0.1, 0.15) is 22.3 Å². The zero-order chi connectivity index (χ0) is 15.7. The number of hydrogen-bond acceptors (Lipinski definition) is 0. The van der Waals surface area contributed by atoms with Gasteiger partial charge in [-0.2, -0.15) is 12.1 Å². The summed E-state index contributed by atoms with van der Waals surface area (Å²) < 4.78 is 0. The molecule has 0 N–H and O–H groups in total. The quantitative estimate of drug-likeness (QED) is 0.341. The minimum Gasteiger partial charge on any atom is -1.00 e. The summed E-state index contributed by atoms with van der Waals surface area (Å²) in [5, 5.41) is 5.51. The standard InChI is InChI=1S/2C11H11.2ClH.Zr/c2*1-8-6-10-5-3-4-9(2)11(10)7-8;;;/h2*3-7H,1-2H3;2*1H;/q2*-1;;;+4/p-2. The van der Waals surface area contributed by atoms with Gasteiger partial charge >= 0.3 is 26.2 Å². The van der Waals surface area contributed by atoms with Gasteiger partial charge < -0.3 is 24.8 Å². The normalized spacial score (nSPS) is 9.44. The largest absolute Gasteiger partial charge is 4.00 e. The van der Waals surface area contributed by atoms with Crippen LogP contribution in [0.15, 0.2) is 60.7 Å². The Morgan fingerprint density at radius 3 is 1.28 bits per heavy atom. The Labute approximate surface area is 182 Å². The first kappa shape index (κ1) is 24.1. The summed E-state index contributed by atoms with van der Waals surface area (Å²) in [4.78, 5) is 0. The molecule has 128 valence electrons. The Bertz CT molecular complexity index is 854. The molecule has 0 heterocycles. The molecule has 0 atom stereocenters. The number of halogens is 2. The Morgan fingerprint density at radius 2 is 0.960 bits per heavy atom. The van der Waals surface area contributed by atoms with E-state index < -0.39 is 0 Å². The molecule has 4 aromatic carbocycles. The first-order valence-corrected chi connectivity index (χ1v) is 7.80. The van der Waals surface area contributed by atoms with Crippen LogP contribution in [0.25, 0.3) is 21.5 Å². The Hall–Kier alpha value is -0.877. The van der Waals surface area contributed by atoms with E-state index in [0.29, 0.717) is 0 Å². The first-order valence-electron chi connectivity index (χ1n) is 7.80. The predicted octanol–water partition coefficient (Wildman–Crippen LogP) is 0.357. The SMILES string of the molecule is Cc1cc2c(C)cccc2[cH-]1.Cc1cc2c(C)cccc2[cH-]1.[Cl-].[Cl-].[Zr+4]. The van der Waals surface area contributed by atoms with E-state index in [1.54, 1.807) is 0 Å². The minimum absolute atomic E-state index is 0. The van der Waals surface area contributed by atoms with Gasteiger partial charge in [0.25, 0.3) is 0 Å². The van der Waals surface area contributed by atoms with Crippen molar-refractivity contribution in [1.29, 1.82) is 0 Å². The predicted molar refractivity (Wildman–Crippen MR) is 98.0 cm³/mol. The molecule has 0 aliphatic rings. The summed E-state index contributed by atoms with van der Waals surface area (Å²) in [7, 11) is 0. The van der Waals surface area contributed by atoms with Gasteiger partial charge in [0.2, 0.25) is 0 Å². The van der Waals surface area contributed by atoms with Crippen LogP contribution in [0.4, 0.5) is 0 Å². The molecule has 25 heavy (non-hydrogen) atoms. The monoisotopic (exact) mass is 446 g/mol. The molecule has 4 rings (SSSR count). The van der Waals surface area contributed by atoms with E-state index in [4.69, 9.17) is 0 Å². The van der Waals surface area contributed by atoms with Gasteiger partial charge in [-0.25, -0.2) is 0 Å². The van der Waals surface area contributed by atoms with Crippen molar-refractivity contribution in [2.24, 2.45) is 0 Å². The van der Waals surface area contributed by atoms with Crippen LogP contribution in [0, 0.1) is 27.7 Å². The Balaban J connectivity index is 0.000000411. The molecular weight excluding hydrogens is 426 g/mol. The second-order valence-electron chi connectivity index (χ2n) is 6.22. The maximum absolute atomic E-state index is 2.24. The summed E-state index contributed by atoms with van der Waals surface area (Å²) in [6.45, 7) is 8.59. The number of aryl methyl sites for hydroxylation is 4. The van der Waals surface area contributed by atoms with E-state index in [0.717, 1.165) is 0 Å². The molecule has 0 nitrogen and oxygen atoms in total. The van der Waals surface area contributed by atoms with Crippen molar-refractivity contribution < 1.29 is 51.0 Å². The average Bonchev–Trinajstić information content (AvgIpc) is 3.03. The third kappa shape index (κ3) is 5.55. The Morgan fingerprint density at radius 1 is 0.600 bits per heavy atom. The van der Waals surface area contributed by atoms with E-state index in [1.165, 1.54) is 43.8 Å².